The Hall–Kier alpha value is -3.99. The number of fused-ring (bicyclic) bond motifs is 1. The van der Waals surface area contributed by atoms with Crippen molar-refractivity contribution >= 4 is 39.0 Å². The first-order valence-corrected chi connectivity index (χ1v) is 11.7. The van der Waals surface area contributed by atoms with E-state index in [1.807, 2.05) is 13.8 Å². The van der Waals surface area contributed by atoms with Crippen LogP contribution in [0.5, 0.6) is 0 Å². The molecule has 4 aromatic rings. The number of nitrogens with zero attached hydrogens (tertiary/aromatic N) is 2. The number of ether oxygens (including phenoxy) is 1. The number of carbonyl (C=O) groups is 2. The second-order valence-electron chi connectivity index (χ2n) is 7.91. The molecule has 0 unspecified atom stereocenters. The van der Waals surface area contributed by atoms with Crippen LogP contribution < -0.4 is 10.9 Å². The number of amides is 1. The highest BCUT2D eigenvalue weighted by atomic mass is 32.1. The second kappa shape index (κ2) is 9.57. The largest absolute Gasteiger partial charge is 0.461 e. The maximum atomic E-state index is 13.5. The number of aryl methyl sites for hydroxylation is 2. The summed E-state index contributed by atoms with van der Waals surface area (Å²) in [5, 5.41) is 8.14. The first-order chi connectivity index (χ1) is 17.0. The number of esters is 1. The molecule has 0 atom stereocenters. The van der Waals surface area contributed by atoms with Gasteiger partial charge >= 0.3 is 12.1 Å². The van der Waals surface area contributed by atoms with Gasteiger partial charge in [0.05, 0.1) is 28.8 Å². The quantitative estimate of drug-likeness (QED) is 0.354. The van der Waals surface area contributed by atoms with Gasteiger partial charge in [-0.25, -0.2) is 4.79 Å². The molecule has 0 fully saturated rings. The van der Waals surface area contributed by atoms with E-state index in [-0.39, 0.29) is 28.1 Å². The van der Waals surface area contributed by atoms with E-state index in [0.29, 0.717) is 5.69 Å². The Morgan fingerprint density at radius 2 is 1.83 bits per heavy atom. The zero-order valence-corrected chi connectivity index (χ0v) is 20.2. The topological polar surface area (TPSA) is 90.3 Å². The van der Waals surface area contributed by atoms with Crippen molar-refractivity contribution in [3.05, 3.63) is 86.1 Å². The van der Waals surface area contributed by atoms with Crippen LogP contribution in [0.15, 0.2) is 52.6 Å². The van der Waals surface area contributed by atoms with Gasteiger partial charge in [-0.3, -0.25) is 9.59 Å². The Labute approximate surface area is 207 Å². The van der Waals surface area contributed by atoms with E-state index in [2.05, 4.69) is 10.4 Å². The summed E-state index contributed by atoms with van der Waals surface area (Å²) in [6, 6.07) is 9.50. The predicted molar refractivity (Wildman–Crippen MR) is 130 cm³/mol. The summed E-state index contributed by atoms with van der Waals surface area (Å²) in [6.45, 7) is 5.43. The first-order valence-electron chi connectivity index (χ1n) is 10.8. The number of alkyl halides is 3. The maximum absolute atomic E-state index is 13.5. The van der Waals surface area contributed by atoms with Crippen LogP contribution in [0.1, 0.15) is 44.5 Å². The standard InChI is InChI=1S/C25H20F3N3O4S/c1-4-35-24(34)20-17-12-36-22(29-21(32)16-7-5-6-8-18(16)25(26,27)28)19(17)23(33)31(30-20)15-10-9-13(2)14(3)11-15/h5-12H,4H2,1-3H3,(H,29,32). The molecule has 7 nitrogen and oxygen atoms in total. The monoisotopic (exact) mass is 515 g/mol. The van der Waals surface area contributed by atoms with Crippen LogP contribution in [0.4, 0.5) is 18.2 Å². The lowest BCUT2D eigenvalue weighted by Crippen LogP contribution is -2.26. The summed E-state index contributed by atoms with van der Waals surface area (Å²) in [6.07, 6.45) is -4.75. The molecule has 1 amide bonds. The lowest BCUT2D eigenvalue weighted by Gasteiger charge is -2.13. The zero-order chi connectivity index (χ0) is 26.2. The maximum Gasteiger partial charge on any atom is 0.417 e. The van der Waals surface area contributed by atoms with Gasteiger partial charge in [0.15, 0.2) is 5.69 Å². The van der Waals surface area contributed by atoms with Crippen molar-refractivity contribution in [3.63, 3.8) is 0 Å². The Bertz CT molecular complexity index is 1560. The van der Waals surface area contributed by atoms with Gasteiger partial charge in [-0.1, -0.05) is 18.2 Å². The Kier molecular flexibility index (Phi) is 6.68. The lowest BCUT2D eigenvalue weighted by molar-refractivity contribution is -0.137. The molecule has 0 saturated heterocycles. The molecule has 2 heterocycles. The average Bonchev–Trinajstić information content (AvgIpc) is 3.25. The minimum atomic E-state index is -4.75. The summed E-state index contributed by atoms with van der Waals surface area (Å²) in [4.78, 5) is 39.1. The second-order valence-corrected chi connectivity index (χ2v) is 8.79. The highest BCUT2D eigenvalue weighted by Gasteiger charge is 2.35. The number of hydrogen-bond acceptors (Lipinski definition) is 6. The summed E-state index contributed by atoms with van der Waals surface area (Å²) in [5.41, 5.74) is -0.280. The lowest BCUT2D eigenvalue weighted by atomic mass is 10.1. The third-order valence-corrected chi connectivity index (χ3v) is 6.46. The van der Waals surface area contributed by atoms with Crippen LogP contribution in [0.25, 0.3) is 16.5 Å². The minimum Gasteiger partial charge on any atom is -0.461 e. The van der Waals surface area contributed by atoms with Gasteiger partial charge < -0.3 is 10.1 Å². The fraction of sp³-hybridized carbons (Fsp3) is 0.200. The summed E-state index contributed by atoms with van der Waals surface area (Å²) in [7, 11) is 0. The number of rotatable bonds is 5. The number of benzene rings is 2. The number of halogens is 3. The van der Waals surface area contributed by atoms with E-state index in [9.17, 15) is 27.6 Å². The van der Waals surface area contributed by atoms with Gasteiger partial charge in [0.2, 0.25) is 0 Å². The van der Waals surface area contributed by atoms with Crippen LogP contribution in [0.3, 0.4) is 0 Å². The van der Waals surface area contributed by atoms with Crippen molar-refractivity contribution in [1.29, 1.82) is 0 Å². The third kappa shape index (κ3) is 4.61. The molecule has 0 saturated carbocycles. The number of thiophene rings is 1. The van der Waals surface area contributed by atoms with E-state index in [1.165, 1.54) is 17.5 Å². The van der Waals surface area contributed by atoms with Crippen molar-refractivity contribution in [2.24, 2.45) is 0 Å². The van der Waals surface area contributed by atoms with E-state index in [1.54, 1.807) is 25.1 Å². The van der Waals surface area contributed by atoms with Gasteiger partial charge in [0, 0.05) is 10.8 Å². The highest BCUT2D eigenvalue weighted by Crippen LogP contribution is 2.34. The Morgan fingerprint density at radius 3 is 2.50 bits per heavy atom. The Balaban J connectivity index is 1.90. The molecule has 1 N–H and O–H groups in total. The molecule has 2 aromatic carbocycles. The highest BCUT2D eigenvalue weighted by molar-refractivity contribution is 7.16. The fourth-order valence-corrected chi connectivity index (χ4v) is 4.55. The summed E-state index contributed by atoms with van der Waals surface area (Å²) >= 11 is 0.898. The number of nitrogens with one attached hydrogen (secondary N) is 1. The van der Waals surface area contributed by atoms with Crippen molar-refractivity contribution < 1.29 is 27.5 Å². The van der Waals surface area contributed by atoms with Gasteiger partial charge in [0.25, 0.3) is 11.5 Å². The normalized spacial score (nSPS) is 11.5. The van der Waals surface area contributed by atoms with Gasteiger partial charge in [-0.05, 0) is 56.2 Å². The van der Waals surface area contributed by atoms with Crippen LogP contribution in [0.2, 0.25) is 0 Å². The van der Waals surface area contributed by atoms with Crippen molar-refractivity contribution in [2.75, 3.05) is 11.9 Å². The summed E-state index contributed by atoms with van der Waals surface area (Å²) < 4.78 is 46.4. The molecular weight excluding hydrogens is 495 g/mol. The van der Waals surface area contributed by atoms with E-state index >= 15 is 0 Å². The van der Waals surface area contributed by atoms with Crippen LogP contribution >= 0.6 is 11.3 Å². The molecule has 11 heteroatoms. The van der Waals surface area contributed by atoms with Crippen molar-refractivity contribution in [3.8, 4) is 5.69 Å². The molecule has 36 heavy (non-hydrogen) atoms. The molecule has 0 aliphatic heterocycles. The van der Waals surface area contributed by atoms with E-state index in [4.69, 9.17) is 4.74 Å². The predicted octanol–water partition coefficient (Wildman–Crippen LogP) is 5.51. The van der Waals surface area contributed by atoms with Crippen molar-refractivity contribution in [2.45, 2.75) is 26.9 Å². The molecule has 186 valence electrons. The molecule has 4 rings (SSSR count). The first kappa shape index (κ1) is 25.1. The molecule has 2 aromatic heterocycles. The van der Waals surface area contributed by atoms with Gasteiger partial charge in [0.1, 0.15) is 5.00 Å². The van der Waals surface area contributed by atoms with Crippen LogP contribution in [-0.4, -0.2) is 28.3 Å². The molecule has 0 bridgehead atoms. The van der Waals surface area contributed by atoms with Crippen molar-refractivity contribution in [1.82, 2.24) is 9.78 Å². The van der Waals surface area contributed by atoms with Crippen LogP contribution in [0, 0.1) is 13.8 Å². The minimum absolute atomic E-state index is 0.0116. The molecule has 0 spiro atoms. The van der Waals surface area contributed by atoms with Gasteiger partial charge in [-0.15, -0.1) is 11.3 Å². The molecular formula is C25H20F3N3O4S. The summed E-state index contributed by atoms with van der Waals surface area (Å²) in [5.74, 6) is -1.82. The molecule has 0 radical (unpaired) electrons. The number of hydrogen-bond donors (Lipinski definition) is 1. The van der Waals surface area contributed by atoms with E-state index in [0.717, 1.165) is 39.3 Å². The fourth-order valence-electron chi connectivity index (χ4n) is 3.62. The number of aromatic nitrogens is 2. The third-order valence-electron chi connectivity index (χ3n) is 5.56. The van der Waals surface area contributed by atoms with Crippen LogP contribution in [-0.2, 0) is 10.9 Å². The van der Waals surface area contributed by atoms with Gasteiger partial charge in [-0.2, -0.15) is 23.0 Å². The van der Waals surface area contributed by atoms with E-state index < -0.39 is 34.7 Å². The zero-order valence-electron chi connectivity index (χ0n) is 19.4. The molecule has 0 aliphatic rings. The average molecular weight is 516 g/mol. The SMILES string of the molecule is CCOC(=O)c1nn(-c2ccc(C)c(C)c2)c(=O)c2c(NC(=O)c3ccccc3C(F)(F)F)scc12. The number of anilines is 1. The smallest absolute Gasteiger partial charge is 0.417 e. The molecule has 0 aliphatic carbocycles. The Morgan fingerprint density at radius 1 is 1.11 bits per heavy atom. The number of carbonyl (C=O) groups excluding carboxylic acids is 2.